The summed E-state index contributed by atoms with van der Waals surface area (Å²) in [6.45, 7) is 0. The fraction of sp³-hybridized carbons (Fsp3) is 0.0370. The standard InChI is InChI=1S/C27H14N2OS/c1-2-11-28-20(7-1)17-5-3-8-21-24(17)27(28)25-22(30-21)10-9-15-18-13-31-14-19(18)16-6-4-12-29(27)26(16)23(15)25/h1-14H/q+2. The van der Waals surface area contributed by atoms with Gasteiger partial charge in [-0.2, -0.15) is 11.3 Å². The van der Waals surface area contributed by atoms with Crippen molar-refractivity contribution in [2.24, 2.45) is 0 Å². The van der Waals surface area contributed by atoms with Crippen molar-refractivity contribution in [3.63, 3.8) is 0 Å². The van der Waals surface area contributed by atoms with Crippen LogP contribution >= 0.6 is 11.3 Å². The number of benzene rings is 3. The minimum absolute atomic E-state index is 0.459. The molecule has 9 rings (SSSR count). The number of hydrogen-bond acceptors (Lipinski definition) is 2. The van der Waals surface area contributed by atoms with Gasteiger partial charge in [0.25, 0.3) is 0 Å². The summed E-state index contributed by atoms with van der Waals surface area (Å²) < 4.78 is 11.5. The molecule has 3 nitrogen and oxygen atoms in total. The zero-order chi connectivity index (χ0) is 19.9. The highest BCUT2D eigenvalue weighted by molar-refractivity contribution is 7.09. The van der Waals surface area contributed by atoms with Crippen LogP contribution in [0.4, 0.5) is 0 Å². The summed E-state index contributed by atoms with van der Waals surface area (Å²) in [6.07, 6.45) is 4.48. The topological polar surface area (TPSA) is 17.0 Å². The highest BCUT2D eigenvalue weighted by Crippen LogP contribution is 2.57. The maximum absolute atomic E-state index is 6.58. The highest BCUT2D eigenvalue weighted by atomic mass is 32.1. The zero-order valence-electron chi connectivity index (χ0n) is 16.3. The SMILES string of the molecule is c1cc2c3c(c1)-c1cccc[n+]1C31c3c(ccc4c5cscc5c5ccc[n+]1c5c34)O2. The van der Waals surface area contributed by atoms with Crippen molar-refractivity contribution >= 4 is 43.8 Å². The van der Waals surface area contributed by atoms with E-state index < -0.39 is 5.66 Å². The second kappa shape index (κ2) is 4.61. The van der Waals surface area contributed by atoms with Gasteiger partial charge in [-0.1, -0.05) is 6.07 Å². The summed E-state index contributed by atoms with van der Waals surface area (Å²) in [5.41, 5.74) is 5.84. The van der Waals surface area contributed by atoms with Gasteiger partial charge < -0.3 is 4.74 Å². The molecule has 0 amide bonds. The Labute approximate surface area is 181 Å². The van der Waals surface area contributed by atoms with Crippen LogP contribution in [0.2, 0.25) is 0 Å². The lowest BCUT2D eigenvalue weighted by Gasteiger charge is -2.25. The molecule has 0 saturated heterocycles. The molecule has 4 heteroatoms. The summed E-state index contributed by atoms with van der Waals surface area (Å²) in [4.78, 5) is 0. The van der Waals surface area contributed by atoms with Crippen molar-refractivity contribution in [3.8, 4) is 22.8 Å². The predicted octanol–water partition coefficient (Wildman–Crippen LogP) is 5.48. The van der Waals surface area contributed by atoms with Gasteiger partial charge in [-0.05, 0) is 52.5 Å². The molecule has 0 N–H and O–H groups in total. The van der Waals surface area contributed by atoms with E-state index in [0.717, 1.165) is 11.5 Å². The lowest BCUT2D eigenvalue weighted by atomic mass is 9.86. The molecular formula is C27H14N2OS+2. The van der Waals surface area contributed by atoms with Crippen LogP contribution in [-0.4, -0.2) is 0 Å². The molecule has 3 aromatic heterocycles. The fourth-order valence-corrected chi connectivity index (χ4v) is 7.27. The lowest BCUT2D eigenvalue weighted by Crippen LogP contribution is -2.71. The fourth-order valence-electron chi connectivity index (χ4n) is 6.43. The molecule has 6 aromatic rings. The quantitative estimate of drug-likeness (QED) is 0.237. The van der Waals surface area contributed by atoms with Crippen molar-refractivity contribution in [2.75, 3.05) is 0 Å². The van der Waals surface area contributed by atoms with E-state index in [4.69, 9.17) is 4.74 Å². The molecule has 1 atom stereocenters. The average molecular weight is 414 g/mol. The number of thiophene rings is 1. The lowest BCUT2D eigenvalue weighted by molar-refractivity contribution is -0.950. The third-order valence-corrected chi connectivity index (χ3v) is 8.16. The highest BCUT2D eigenvalue weighted by Gasteiger charge is 2.70. The third kappa shape index (κ3) is 1.37. The van der Waals surface area contributed by atoms with Crippen molar-refractivity contribution < 1.29 is 13.9 Å². The Kier molecular flexibility index (Phi) is 2.24. The van der Waals surface area contributed by atoms with Gasteiger partial charge in [-0.15, -0.1) is 9.13 Å². The number of pyridine rings is 2. The minimum Gasteiger partial charge on any atom is -0.456 e. The van der Waals surface area contributed by atoms with Gasteiger partial charge in [-0.3, -0.25) is 0 Å². The zero-order valence-corrected chi connectivity index (χ0v) is 17.1. The number of fused-ring (bicyclic) bond motifs is 5. The molecular weight excluding hydrogens is 400 g/mol. The molecule has 3 aliphatic rings. The summed E-state index contributed by atoms with van der Waals surface area (Å²) >= 11 is 1.78. The molecule has 6 heterocycles. The molecule has 3 aliphatic heterocycles. The van der Waals surface area contributed by atoms with Gasteiger partial charge in [0.05, 0.1) is 16.3 Å². The first-order valence-electron chi connectivity index (χ1n) is 10.5. The van der Waals surface area contributed by atoms with Crippen LogP contribution in [0.5, 0.6) is 11.5 Å². The van der Waals surface area contributed by atoms with Gasteiger partial charge in [0, 0.05) is 29.0 Å². The van der Waals surface area contributed by atoms with E-state index in [-0.39, 0.29) is 0 Å². The van der Waals surface area contributed by atoms with Crippen LogP contribution in [-0.2, 0) is 5.66 Å². The Bertz CT molecular complexity index is 1830. The first-order chi connectivity index (χ1) is 15.4. The van der Waals surface area contributed by atoms with Gasteiger partial charge in [0.15, 0.2) is 23.5 Å². The van der Waals surface area contributed by atoms with E-state index in [1.807, 2.05) is 0 Å². The third-order valence-electron chi connectivity index (χ3n) is 7.42. The van der Waals surface area contributed by atoms with E-state index in [0.29, 0.717) is 0 Å². The van der Waals surface area contributed by atoms with Crippen molar-refractivity contribution in [2.45, 2.75) is 5.66 Å². The molecule has 31 heavy (non-hydrogen) atoms. The van der Waals surface area contributed by atoms with Crippen LogP contribution in [0.1, 0.15) is 11.1 Å². The van der Waals surface area contributed by atoms with Crippen molar-refractivity contribution in [1.82, 2.24) is 0 Å². The largest absolute Gasteiger partial charge is 0.456 e. The number of nitrogens with zero attached hydrogens (tertiary/aromatic N) is 2. The van der Waals surface area contributed by atoms with Crippen LogP contribution in [0, 0.1) is 0 Å². The summed E-state index contributed by atoms with van der Waals surface area (Å²) in [5.74, 6) is 1.91. The first-order valence-corrected chi connectivity index (χ1v) is 11.5. The molecule has 0 radical (unpaired) electrons. The van der Waals surface area contributed by atoms with E-state index >= 15 is 0 Å². The Balaban J connectivity index is 1.67. The Hall–Kier alpha value is -3.76. The molecule has 1 unspecified atom stereocenters. The Morgan fingerprint density at radius 2 is 1.55 bits per heavy atom. The smallest absolute Gasteiger partial charge is 0.425 e. The number of hydrogen-bond donors (Lipinski definition) is 0. The molecule has 1 spiro atoms. The summed E-state index contributed by atoms with van der Waals surface area (Å²) in [7, 11) is 0. The number of ether oxygens (including phenoxy) is 1. The van der Waals surface area contributed by atoms with Gasteiger partial charge >= 0.3 is 5.66 Å². The predicted molar refractivity (Wildman–Crippen MR) is 121 cm³/mol. The maximum atomic E-state index is 6.58. The van der Waals surface area contributed by atoms with Crippen molar-refractivity contribution in [3.05, 3.63) is 94.9 Å². The van der Waals surface area contributed by atoms with Crippen LogP contribution in [0.25, 0.3) is 43.7 Å². The maximum Gasteiger partial charge on any atom is 0.425 e. The molecule has 0 bridgehead atoms. The molecule has 0 fully saturated rings. The van der Waals surface area contributed by atoms with Crippen molar-refractivity contribution in [1.29, 1.82) is 0 Å². The van der Waals surface area contributed by atoms with Gasteiger partial charge in [0.1, 0.15) is 11.5 Å². The van der Waals surface area contributed by atoms with Crippen LogP contribution in [0.15, 0.2) is 83.8 Å². The van der Waals surface area contributed by atoms with Crippen LogP contribution in [0.3, 0.4) is 0 Å². The normalized spacial score (nSPS) is 18.7. The Morgan fingerprint density at radius 3 is 2.52 bits per heavy atom. The molecule has 142 valence electrons. The van der Waals surface area contributed by atoms with E-state index in [1.165, 1.54) is 54.8 Å². The Morgan fingerprint density at radius 1 is 0.677 bits per heavy atom. The average Bonchev–Trinajstić information content (AvgIpc) is 3.50. The summed E-state index contributed by atoms with van der Waals surface area (Å²) in [5, 5.41) is 11.2. The van der Waals surface area contributed by atoms with E-state index in [2.05, 4.69) is 93.0 Å². The number of aromatic nitrogens is 2. The first kappa shape index (κ1) is 15.1. The monoisotopic (exact) mass is 414 g/mol. The van der Waals surface area contributed by atoms with E-state index in [9.17, 15) is 0 Å². The second-order valence-electron chi connectivity index (χ2n) is 8.61. The molecule has 0 saturated carbocycles. The molecule has 0 aliphatic carbocycles. The minimum atomic E-state index is -0.459. The van der Waals surface area contributed by atoms with Gasteiger partial charge in [-0.25, -0.2) is 0 Å². The van der Waals surface area contributed by atoms with E-state index in [1.54, 1.807) is 11.3 Å². The molecule has 3 aromatic carbocycles. The van der Waals surface area contributed by atoms with Gasteiger partial charge in [0.2, 0.25) is 11.2 Å². The summed E-state index contributed by atoms with van der Waals surface area (Å²) in [6, 6.07) is 21.8. The second-order valence-corrected chi connectivity index (χ2v) is 9.35. The number of rotatable bonds is 0. The van der Waals surface area contributed by atoms with Crippen LogP contribution < -0.4 is 13.9 Å².